The van der Waals surface area contributed by atoms with Crippen LogP contribution in [0.1, 0.15) is 74.9 Å². The molecule has 3 heterocycles. The van der Waals surface area contributed by atoms with E-state index in [0.717, 1.165) is 40.8 Å². The van der Waals surface area contributed by atoms with Crippen LogP contribution in [0.15, 0.2) is 49.3 Å². The van der Waals surface area contributed by atoms with Gasteiger partial charge in [-0.05, 0) is 41.7 Å². The Balaban J connectivity index is 1.36. The molecule has 0 N–H and O–H groups in total. The molecule has 0 amide bonds. The van der Waals surface area contributed by atoms with Crippen LogP contribution in [-0.4, -0.2) is 48.6 Å². The fraction of sp³-hybridized carbons (Fsp3) is 0.412. The third-order valence-corrected chi connectivity index (χ3v) is 7.76. The zero-order chi connectivity index (χ0) is 31.8. The largest absolute Gasteiger partial charge is 0.483 e. The fourth-order valence-corrected chi connectivity index (χ4v) is 5.53. The third kappa shape index (κ3) is 7.84. The Morgan fingerprint density at radius 1 is 0.844 bits per heavy atom. The van der Waals surface area contributed by atoms with Crippen LogP contribution >= 0.6 is 0 Å². The number of benzene rings is 2. The molecule has 0 atom stereocenters. The van der Waals surface area contributed by atoms with Crippen LogP contribution in [0.2, 0.25) is 0 Å². The first-order valence-electron chi connectivity index (χ1n) is 15.6. The molecule has 1 aliphatic heterocycles. The van der Waals surface area contributed by atoms with Crippen molar-refractivity contribution in [2.75, 3.05) is 11.9 Å². The third-order valence-electron chi connectivity index (χ3n) is 7.76. The molecule has 0 fully saturated rings. The lowest BCUT2D eigenvalue weighted by Crippen LogP contribution is -2.22. The van der Waals surface area contributed by atoms with Gasteiger partial charge in [0.25, 0.3) is 0 Å². The minimum Gasteiger partial charge on any atom is -0.483 e. The van der Waals surface area contributed by atoms with Crippen LogP contribution in [0.3, 0.4) is 0 Å². The summed E-state index contributed by atoms with van der Waals surface area (Å²) in [6.07, 6.45) is 9.20. The number of aromatic nitrogens is 6. The number of para-hydroxylation sites is 1. The molecule has 1 aliphatic rings. The van der Waals surface area contributed by atoms with Gasteiger partial charge < -0.3 is 14.4 Å². The highest BCUT2D eigenvalue weighted by atomic mass is 16.5. The van der Waals surface area contributed by atoms with Gasteiger partial charge in [0, 0.05) is 57.9 Å². The summed E-state index contributed by atoms with van der Waals surface area (Å²) in [6.45, 7) is 10.0. The van der Waals surface area contributed by atoms with E-state index in [-0.39, 0.29) is 24.8 Å². The Morgan fingerprint density at radius 3 is 1.98 bits per heavy atom. The summed E-state index contributed by atoms with van der Waals surface area (Å²) >= 11 is 0. The first-order valence-corrected chi connectivity index (χ1v) is 15.6. The predicted molar refractivity (Wildman–Crippen MR) is 172 cm³/mol. The summed E-state index contributed by atoms with van der Waals surface area (Å²) in [7, 11) is 2.07. The molecule has 0 radical (unpaired) electrons. The minimum absolute atomic E-state index is 0.180. The first-order chi connectivity index (χ1) is 21.9. The average Bonchev–Trinajstić information content (AvgIpc) is 3.70. The van der Waals surface area contributed by atoms with Gasteiger partial charge >= 0.3 is 0 Å². The van der Waals surface area contributed by atoms with Gasteiger partial charge in [-0.3, -0.25) is 19.0 Å². The Morgan fingerprint density at radius 2 is 1.42 bits per heavy atom. The first kappa shape index (κ1) is 31.6. The van der Waals surface area contributed by atoms with Crippen molar-refractivity contribution in [1.82, 2.24) is 30.0 Å². The molecule has 4 aromatic rings. The molecule has 0 saturated carbocycles. The van der Waals surface area contributed by atoms with E-state index in [1.165, 1.54) is 0 Å². The monoisotopic (exact) mass is 611 g/mol. The number of carbonyl (C=O) groups is 2. The second-order valence-corrected chi connectivity index (χ2v) is 11.4. The number of Topliss-reactive ketones (excluding diaryl/α,β-unsaturated/α-hetero) is 2. The van der Waals surface area contributed by atoms with Crippen molar-refractivity contribution in [2.24, 2.45) is 0 Å². The van der Waals surface area contributed by atoms with Crippen molar-refractivity contribution in [3.8, 4) is 22.6 Å². The number of fused-ring (bicyclic) bond motifs is 3. The van der Waals surface area contributed by atoms with Crippen molar-refractivity contribution in [2.45, 2.75) is 85.2 Å². The molecule has 0 spiro atoms. The number of carbonyl (C=O) groups excluding carboxylic acids is 2. The smallest absolute Gasteiger partial charge is 0.162 e. The zero-order valence-corrected chi connectivity index (χ0v) is 26.4. The number of ether oxygens (including phenoxy) is 2. The molecule has 5 rings (SSSR count). The number of hydrogen-bond donors (Lipinski definition) is 0. The van der Waals surface area contributed by atoms with Crippen LogP contribution in [-0.2, 0) is 42.4 Å². The van der Waals surface area contributed by atoms with Crippen molar-refractivity contribution in [1.29, 1.82) is 0 Å². The summed E-state index contributed by atoms with van der Waals surface area (Å²) in [5.74, 6) is 1.59. The summed E-state index contributed by atoms with van der Waals surface area (Å²) in [5, 5.41) is 16.8. The number of nitrogens with zero attached hydrogens (tertiary/aromatic N) is 7. The van der Waals surface area contributed by atoms with Gasteiger partial charge in [0.15, 0.2) is 11.5 Å². The normalized spacial score (nSPS) is 12.0. The maximum absolute atomic E-state index is 12.0. The standard InChI is InChI=1S/C34H41N7O4/c1-5-9-28(42)13-15-40-20-26(35-37-40)22-44-32-17-25-19-39(4)34-24(7-3)11-8-12-30(34)31(25)18-33(32)45-23-27-21-41(38-36-27)16-14-29(43)10-6-2/h7-8,11-12,17-18,20-21H,3,5-6,9-10,13-16,19,22-23H2,1-2,4H3. The van der Waals surface area contributed by atoms with Crippen LogP contribution in [0, 0.1) is 0 Å². The zero-order valence-electron chi connectivity index (χ0n) is 26.4. The SMILES string of the molecule is C=Cc1cccc2c1N(C)Cc1cc(OCc3cn(CCC(=O)CCC)nn3)c(OCc3cn(CCC(=O)CCC)nn3)cc1-2. The quantitative estimate of drug-likeness (QED) is 0.146. The van der Waals surface area contributed by atoms with E-state index in [0.29, 0.717) is 68.2 Å². The summed E-state index contributed by atoms with van der Waals surface area (Å²) < 4.78 is 16.0. The van der Waals surface area contributed by atoms with Gasteiger partial charge in [0.2, 0.25) is 0 Å². The molecule has 0 aliphatic carbocycles. The molecular formula is C34H41N7O4. The highest BCUT2D eigenvalue weighted by molar-refractivity contribution is 5.89. The van der Waals surface area contributed by atoms with Gasteiger partial charge in [-0.25, -0.2) is 0 Å². The molecule has 2 aromatic carbocycles. The topological polar surface area (TPSA) is 117 Å². The number of ketones is 2. The Kier molecular flexibility index (Phi) is 10.4. The van der Waals surface area contributed by atoms with Gasteiger partial charge in [0.1, 0.15) is 36.2 Å². The molecule has 11 heteroatoms. The second-order valence-electron chi connectivity index (χ2n) is 11.4. The van der Waals surface area contributed by atoms with E-state index < -0.39 is 0 Å². The highest BCUT2D eigenvalue weighted by Gasteiger charge is 2.24. The van der Waals surface area contributed by atoms with Crippen molar-refractivity contribution in [3.63, 3.8) is 0 Å². The lowest BCUT2D eigenvalue weighted by Gasteiger charge is -2.32. The highest BCUT2D eigenvalue weighted by Crippen LogP contribution is 2.45. The van der Waals surface area contributed by atoms with E-state index >= 15 is 0 Å². The Hall–Kier alpha value is -4.80. The predicted octanol–water partition coefficient (Wildman–Crippen LogP) is 5.81. The van der Waals surface area contributed by atoms with E-state index in [2.05, 4.69) is 51.3 Å². The van der Waals surface area contributed by atoms with Gasteiger partial charge in [-0.2, -0.15) is 0 Å². The molecular weight excluding hydrogens is 570 g/mol. The minimum atomic E-state index is 0.180. The van der Waals surface area contributed by atoms with Crippen LogP contribution in [0.5, 0.6) is 11.5 Å². The van der Waals surface area contributed by atoms with E-state index in [9.17, 15) is 9.59 Å². The maximum atomic E-state index is 12.0. The van der Waals surface area contributed by atoms with E-state index in [1.54, 1.807) is 9.36 Å². The average molecular weight is 612 g/mol. The summed E-state index contributed by atoms with van der Waals surface area (Å²) in [4.78, 5) is 26.1. The van der Waals surface area contributed by atoms with Gasteiger partial charge in [-0.1, -0.05) is 55.1 Å². The van der Waals surface area contributed by atoms with Crippen molar-refractivity contribution in [3.05, 3.63) is 71.8 Å². The summed E-state index contributed by atoms with van der Waals surface area (Å²) in [6, 6.07) is 10.2. The molecule has 2 aromatic heterocycles. The van der Waals surface area contributed by atoms with Crippen molar-refractivity contribution < 1.29 is 19.1 Å². The number of rotatable bonds is 17. The Bertz CT molecular complexity index is 1660. The molecule has 0 saturated heterocycles. The molecule has 236 valence electrons. The molecule has 0 unspecified atom stereocenters. The maximum Gasteiger partial charge on any atom is 0.162 e. The van der Waals surface area contributed by atoms with Crippen LogP contribution in [0.4, 0.5) is 5.69 Å². The Labute approximate surface area is 263 Å². The van der Waals surface area contributed by atoms with Crippen LogP contribution < -0.4 is 14.4 Å². The lowest BCUT2D eigenvalue weighted by molar-refractivity contribution is -0.120. The molecule has 45 heavy (non-hydrogen) atoms. The number of anilines is 1. The second kappa shape index (κ2) is 14.8. The van der Waals surface area contributed by atoms with Crippen molar-refractivity contribution >= 4 is 23.3 Å². The van der Waals surface area contributed by atoms with Gasteiger partial charge in [0.05, 0.1) is 18.1 Å². The molecule has 11 nitrogen and oxygen atoms in total. The van der Waals surface area contributed by atoms with Crippen LogP contribution in [0.25, 0.3) is 17.2 Å². The van der Waals surface area contributed by atoms with E-state index in [1.807, 2.05) is 50.5 Å². The molecule has 0 bridgehead atoms. The number of hydrogen-bond acceptors (Lipinski definition) is 9. The fourth-order valence-electron chi connectivity index (χ4n) is 5.53. The summed E-state index contributed by atoms with van der Waals surface area (Å²) in [5.41, 5.74) is 6.75. The van der Waals surface area contributed by atoms with E-state index in [4.69, 9.17) is 9.47 Å². The number of aryl methyl sites for hydroxylation is 2. The lowest BCUT2D eigenvalue weighted by atomic mass is 9.91. The van der Waals surface area contributed by atoms with Gasteiger partial charge in [-0.15, -0.1) is 10.2 Å².